The number of nitrogens with zero attached hydrogens (tertiary/aromatic N) is 1. The summed E-state index contributed by atoms with van der Waals surface area (Å²) in [7, 11) is 1.61. The molecule has 1 unspecified atom stereocenters. The highest BCUT2D eigenvalue weighted by Gasteiger charge is 2.48. The van der Waals surface area contributed by atoms with Crippen molar-refractivity contribution in [2.24, 2.45) is 0 Å². The van der Waals surface area contributed by atoms with Gasteiger partial charge in [-0.25, -0.2) is 4.79 Å². The molecule has 0 spiro atoms. The molecular formula is C17H24INO3. The topological polar surface area (TPSA) is 49.8 Å². The van der Waals surface area contributed by atoms with Crippen LogP contribution in [0.15, 0.2) is 24.3 Å². The molecule has 122 valence electrons. The van der Waals surface area contributed by atoms with Crippen molar-refractivity contribution in [3.63, 3.8) is 0 Å². The highest BCUT2D eigenvalue weighted by atomic mass is 127. The Hall–Kier alpha value is -0.820. The SMILES string of the molecule is CCCCCC(OC)N(C(=O)O)[C@H]1C[C@H]1c1ccccc1I. The molecule has 1 aliphatic carbocycles. The average molecular weight is 417 g/mol. The fourth-order valence-electron chi connectivity index (χ4n) is 3.02. The van der Waals surface area contributed by atoms with Crippen molar-refractivity contribution >= 4 is 28.7 Å². The first-order chi connectivity index (χ1) is 10.6. The molecular weight excluding hydrogens is 393 g/mol. The van der Waals surface area contributed by atoms with Crippen LogP contribution in [0.2, 0.25) is 0 Å². The number of carbonyl (C=O) groups is 1. The molecule has 1 amide bonds. The Morgan fingerprint density at radius 3 is 2.77 bits per heavy atom. The number of rotatable bonds is 8. The van der Waals surface area contributed by atoms with E-state index in [4.69, 9.17) is 4.74 Å². The molecule has 1 fully saturated rings. The van der Waals surface area contributed by atoms with Crippen LogP contribution in [-0.2, 0) is 4.74 Å². The van der Waals surface area contributed by atoms with Gasteiger partial charge in [-0.05, 0) is 53.5 Å². The van der Waals surface area contributed by atoms with Crippen LogP contribution in [0.5, 0.6) is 0 Å². The molecule has 1 aliphatic rings. The summed E-state index contributed by atoms with van der Waals surface area (Å²) in [4.78, 5) is 13.3. The van der Waals surface area contributed by atoms with Crippen molar-refractivity contribution in [3.05, 3.63) is 33.4 Å². The molecule has 0 bridgehead atoms. The first kappa shape index (κ1) is 17.5. The van der Waals surface area contributed by atoms with Gasteiger partial charge in [-0.1, -0.05) is 38.0 Å². The van der Waals surface area contributed by atoms with E-state index in [9.17, 15) is 9.90 Å². The minimum atomic E-state index is -0.873. The number of amides is 1. The van der Waals surface area contributed by atoms with E-state index in [1.165, 1.54) is 14.0 Å². The van der Waals surface area contributed by atoms with E-state index in [1.807, 2.05) is 12.1 Å². The number of benzene rings is 1. The quantitative estimate of drug-likeness (QED) is 0.380. The normalized spacial score (nSPS) is 21.4. The lowest BCUT2D eigenvalue weighted by atomic mass is 10.1. The third-order valence-corrected chi connectivity index (χ3v) is 5.26. The van der Waals surface area contributed by atoms with Crippen molar-refractivity contribution in [1.29, 1.82) is 0 Å². The summed E-state index contributed by atoms with van der Waals surface area (Å²) < 4.78 is 6.69. The van der Waals surface area contributed by atoms with Crippen molar-refractivity contribution in [1.82, 2.24) is 4.90 Å². The van der Waals surface area contributed by atoms with E-state index in [0.29, 0.717) is 5.92 Å². The maximum Gasteiger partial charge on any atom is 0.409 e. The van der Waals surface area contributed by atoms with Gasteiger partial charge in [0, 0.05) is 22.6 Å². The van der Waals surface area contributed by atoms with Crippen molar-refractivity contribution in [2.75, 3.05) is 7.11 Å². The largest absolute Gasteiger partial charge is 0.465 e. The highest BCUT2D eigenvalue weighted by molar-refractivity contribution is 14.1. The zero-order valence-electron chi connectivity index (χ0n) is 13.2. The van der Waals surface area contributed by atoms with E-state index >= 15 is 0 Å². The monoisotopic (exact) mass is 417 g/mol. The fourth-order valence-corrected chi connectivity index (χ4v) is 3.80. The third-order valence-electron chi connectivity index (χ3n) is 4.28. The average Bonchev–Trinajstić information content (AvgIpc) is 3.26. The first-order valence-corrected chi connectivity index (χ1v) is 8.96. The standard InChI is InChI=1S/C17H24INO3/c1-3-4-5-10-16(22-2)19(17(20)21)15-11-13(15)12-8-6-7-9-14(12)18/h6-9,13,15-16H,3-5,10-11H2,1-2H3,(H,20,21)/t13-,15-,16?/m0/s1. The molecule has 2 rings (SSSR count). The smallest absolute Gasteiger partial charge is 0.409 e. The third kappa shape index (κ3) is 4.13. The van der Waals surface area contributed by atoms with Crippen LogP contribution in [-0.4, -0.2) is 35.5 Å². The van der Waals surface area contributed by atoms with Crippen molar-refractivity contribution in [3.8, 4) is 0 Å². The molecule has 0 aromatic heterocycles. The van der Waals surface area contributed by atoms with Gasteiger partial charge in [0.1, 0.15) is 6.23 Å². The van der Waals surface area contributed by atoms with Crippen LogP contribution in [0, 0.1) is 3.57 Å². The Kier molecular flexibility index (Phi) is 6.50. The zero-order valence-corrected chi connectivity index (χ0v) is 15.3. The van der Waals surface area contributed by atoms with Crippen LogP contribution in [0.25, 0.3) is 0 Å². The summed E-state index contributed by atoms with van der Waals surface area (Å²) in [6.07, 6.45) is 3.68. The number of halogens is 1. The molecule has 3 atom stereocenters. The summed E-state index contributed by atoms with van der Waals surface area (Å²) in [5, 5.41) is 9.62. The number of hydrogen-bond acceptors (Lipinski definition) is 2. The Morgan fingerprint density at radius 1 is 1.45 bits per heavy atom. The number of carboxylic acid groups (broad SMARTS) is 1. The van der Waals surface area contributed by atoms with Gasteiger partial charge < -0.3 is 9.84 Å². The summed E-state index contributed by atoms with van der Waals surface area (Å²) in [6, 6.07) is 8.25. The lowest BCUT2D eigenvalue weighted by Crippen LogP contribution is -2.42. The number of methoxy groups -OCH3 is 1. The second-order valence-electron chi connectivity index (χ2n) is 5.81. The Bertz CT molecular complexity index is 508. The van der Waals surface area contributed by atoms with E-state index in [2.05, 4.69) is 41.6 Å². The van der Waals surface area contributed by atoms with Crippen LogP contribution in [0.1, 0.15) is 50.5 Å². The van der Waals surface area contributed by atoms with E-state index < -0.39 is 6.09 Å². The molecule has 5 heteroatoms. The lowest BCUT2D eigenvalue weighted by Gasteiger charge is -2.29. The van der Waals surface area contributed by atoms with E-state index in [1.54, 1.807) is 7.11 Å². The van der Waals surface area contributed by atoms with Crippen LogP contribution < -0.4 is 0 Å². The Morgan fingerprint density at radius 2 is 2.18 bits per heavy atom. The van der Waals surface area contributed by atoms with E-state index in [0.717, 1.165) is 32.1 Å². The minimum Gasteiger partial charge on any atom is -0.465 e. The minimum absolute atomic E-state index is 0.0417. The number of ether oxygens (including phenoxy) is 1. The molecule has 1 N–H and O–H groups in total. The van der Waals surface area contributed by atoms with Gasteiger partial charge in [0.2, 0.25) is 0 Å². The summed E-state index contributed by atoms with van der Waals surface area (Å²) in [6.45, 7) is 2.14. The highest BCUT2D eigenvalue weighted by Crippen LogP contribution is 2.47. The van der Waals surface area contributed by atoms with E-state index in [-0.39, 0.29) is 12.3 Å². The van der Waals surface area contributed by atoms with Crippen LogP contribution >= 0.6 is 22.6 Å². The molecule has 1 aromatic rings. The van der Waals surface area contributed by atoms with Gasteiger partial charge in [-0.2, -0.15) is 0 Å². The van der Waals surface area contributed by atoms with Crippen molar-refractivity contribution < 1.29 is 14.6 Å². The second kappa shape index (κ2) is 8.15. The van der Waals surface area contributed by atoms with Crippen LogP contribution in [0.4, 0.5) is 4.79 Å². The number of unbranched alkanes of at least 4 members (excludes halogenated alkanes) is 2. The van der Waals surface area contributed by atoms with Crippen LogP contribution in [0.3, 0.4) is 0 Å². The maximum atomic E-state index is 11.7. The van der Waals surface area contributed by atoms with Gasteiger partial charge in [0.25, 0.3) is 0 Å². The molecule has 0 heterocycles. The molecule has 4 nitrogen and oxygen atoms in total. The summed E-state index contributed by atoms with van der Waals surface area (Å²) in [5.41, 5.74) is 1.25. The van der Waals surface area contributed by atoms with Gasteiger partial charge >= 0.3 is 6.09 Å². The van der Waals surface area contributed by atoms with Gasteiger partial charge in [0.15, 0.2) is 0 Å². The zero-order chi connectivity index (χ0) is 16.1. The predicted octanol–water partition coefficient (Wildman–Crippen LogP) is 4.68. The molecule has 1 saturated carbocycles. The van der Waals surface area contributed by atoms with Crippen molar-refractivity contribution in [2.45, 2.75) is 57.2 Å². The molecule has 0 radical (unpaired) electrons. The molecule has 1 aromatic carbocycles. The summed E-state index contributed by atoms with van der Waals surface area (Å²) in [5.74, 6) is 0.299. The Labute approximate surface area is 146 Å². The number of hydrogen-bond donors (Lipinski definition) is 1. The predicted molar refractivity (Wildman–Crippen MR) is 95.1 cm³/mol. The molecule has 0 saturated heterocycles. The first-order valence-electron chi connectivity index (χ1n) is 7.88. The summed E-state index contributed by atoms with van der Waals surface area (Å²) >= 11 is 2.32. The molecule has 0 aliphatic heterocycles. The second-order valence-corrected chi connectivity index (χ2v) is 6.97. The van der Waals surface area contributed by atoms with Gasteiger partial charge in [-0.15, -0.1) is 0 Å². The fraction of sp³-hybridized carbons (Fsp3) is 0.588. The maximum absolute atomic E-state index is 11.7. The lowest BCUT2D eigenvalue weighted by molar-refractivity contribution is -0.0321. The Balaban J connectivity index is 2.06. The molecule has 22 heavy (non-hydrogen) atoms. The van der Waals surface area contributed by atoms with Gasteiger partial charge in [0.05, 0.1) is 0 Å². The van der Waals surface area contributed by atoms with Gasteiger partial charge in [-0.3, -0.25) is 4.90 Å².